The van der Waals surface area contributed by atoms with Gasteiger partial charge >= 0.3 is 0 Å². The van der Waals surface area contributed by atoms with Crippen LogP contribution in [0.15, 0.2) is 22.7 Å². The van der Waals surface area contributed by atoms with Gasteiger partial charge in [-0.2, -0.15) is 0 Å². The lowest BCUT2D eigenvalue weighted by molar-refractivity contribution is 0.118. The van der Waals surface area contributed by atoms with Crippen LogP contribution in [-0.4, -0.2) is 5.11 Å². The van der Waals surface area contributed by atoms with Crippen LogP contribution < -0.4 is 0 Å². The van der Waals surface area contributed by atoms with Crippen molar-refractivity contribution in [1.82, 2.24) is 0 Å². The molecule has 0 bridgehead atoms. The van der Waals surface area contributed by atoms with E-state index in [4.69, 9.17) is 11.6 Å². The fraction of sp³-hybridized carbons (Fsp3) is 0.538. The summed E-state index contributed by atoms with van der Waals surface area (Å²) in [6.45, 7) is 0. The maximum absolute atomic E-state index is 10.8. The smallest absolute Gasteiger partial charge is 0.0974 e. The van der Waals surface area contributed by atoms with Crippen molar-refractivity contribution in [2.24, 2.45) is 11.8 Å². The van der Waals surface area contributed by atoms with E-state index in [1.54, 1.807) is 0 Å². The van der Waals surface area contributed by atoms with Gasteiger partial charge in [-0.1, -0.05) is 40.4 Å². The highest BCUT2D eigenvalue weighted by Gasteiger charge is 2.65. The molecule has 2 atom stereocenters. The van der Waals surface area contributed by atoms with Crippen molar-refractivity contribution in [3.63, 3.8) is 0 Å². The first-order valence-electron chi connectivity index (χ1n) is 5.82. The van der Waals surface area contributed by atoms with Gasteiger partial charge in [-0.15, -0.1) is 0 Å². The zero-order chi connectivity index (χ0) is 11.3. The van der Waals surface area contributed by atoms with E-state index in [1.807, 2.05) is 18.2 Å². The molecule has 2 unspecified atom stereocenters. The van der Waals surface area contributed by atoms with Gasteiger partial charge in [0.25, 0.3) is 0 Å². The zero-order valence-electron chi connectivity index (χ0n) is 8.92. The molecule has 0 amide bonds. The molecule has 2 aliphatic rings. The summed E-state index contributed by atoms with van der Waals surface area (Å²) < 4.78 is 0.990. The Morgan fingerprint density at radius 2 is 1.88 bits per heavy atom. The summed E-state index contributed by atoms with van der Waals surface area (Å²) >= 11 is 9.65. The quantitative estimate of drug-likeness (QED) is 0.827. The molecule has 0 heterocycles. The summed E-state index contributed by atoms with van der Waals surface area (Å²) in [6, 6.07) is 5.76. The number of hydrogen-bond donors (Lipinski definition) is 1. The van der Waals surface area contributed by atoms with E-state index in [-0.39, 0.29) is 0 Å². The fourth-order valence-corrected chi connectivity index (χ4v) is 3.93. The number of aliphatic hydroxyl groups is 1. The average Bonchev–Trinajstić information content (AvgIpc) is 2.90. The van der Waals surface area contributed by atoms with Crippen molar-refractivity contribution in [3.05, 3.63) is 33.3 Å². The molecule has 86 valence electrons. The molecule has 0 saturated heterocycles. The van der Waals surface area contributed by atoms with Gasteiger partial charge in [0.05, 0.1) is 5.60 Å². The largest absolute Gasteiger partial charge is 0.385 e. The molecule has 2 aliphatic carbocycles. The van der Waals surface area contributed by atoms with Crippen molar-refractivity contribution in [3.8, 4) is 0 Å². The minimum absolute atomic E-state index is 0.438. The van der Waals surface area contributed by atoms with Gasteiger partial charge in [0.15, 0.2) is 0 Å². The molecule has 1 aromatic rings. The maximum atomic E-state index is 10.8. The van der Waals surface area contributed by atoms with E-state index in [0.29, 0.717) is 16.9 Å². The fourth-order valence-electron chi connectivity index (χ4n) is 3.30. The molecule has 0 radical (unpaired) electrons. The van der Waals surface area contributed by atoms with Crippen LogP contribution in [0, 0.1) is 11.8 Å². The Morgan fingerprint density at radius 3 is 2.50 bits per heavy atom. The second kappa shape index (κ2) is 3.72. The van der Waals surface area contributed by atoms with Crippen LogP contribution in [0.2, 0.25) is 5.02 Å². The van der Waals surface area contributed by atoms with Crippen LogP contribution >= 0.6 is 27.5 Å². The standard InChI is InChI=1S/C13H14BrClO/c14-8-5-6-12(15)11(7-8)13(16)9-3-1-2-4-10(9)13/h5-7,9-10,16H,1-4H2. The lowest BCUT2D eigenvalue weighted by Gasteiger charge is -2.13. The highest BCUT2D eigenvalue weighted by atomic mass is 79.9. The van der Waals surface area contributed by atoms with Gasteiger partial charge in [0, 0.05) is 15.1 Å². The molecule has 0 aliphatic heterocycles. The van der Waals surface area contributed by atoms with Gasteiger partial charge in [-0.05, 0) is 42.9 Å². The second-order valence-electron chi connectivity index (χ2n) is 4.95. The van der Waals surface area contributed by atoms with E-state index >= 15 is 0 Å². The van der Waals surface area contributed by atoms with Crippen LogP contribution in [0.3, 0.4) is 0 Å². The number of halogens is 2. The third-order valence-electron chi connectivity index (χ3n) is 4.15. The maximum Gasteiger partial charge on any atom is 0.0974 e. The summed E-state index contributed by atoms with van der Waals surface area (Å²) in [5, 5.41) is 11.5. The topological polar surface area (TPSA) is 20.2 Å². The Kier molecular flexibility index (Phi) is 2.58. The molecule has 1 N–H and O–H groups in total. The van der Waals surface area contributed by atoms with E-state index in [2.05, 4.69) is 15.9 Å². The Morgan fingerprint density at radius 1 is 1.25 bits per heavy atom. The summed E-state index contributed by atoms with van der Waals surface area (Å²) in [7, 11) is 0. The number of rotatable bonds is 1. The summed E-state index contributed by atoms with van der Waals surface area (Å²) in [6.07, 6.45) is 4.78. The third-order valence-corrected chi connectivity index (χ3v) is 4.97. The van der Waals surface area contributed by atoms with Crippen LogP contribution in [-0.2, 0) is 5.60 Å². The Balaban J connectivity index is 2.01. The lowest BCUT2D eigenvalue weighted by atomic mass is 10.0. The van der Waals surface area contributed by atoms with Crippen molar-refractivity contribution in [2.75, 3.05) is 0 Å². The Labute approximate surface area is 109 Å². The van der Waals surface area contributed by atoms with E-state index in [1.165, 1.54) is 12.8 Å². The normalized spacial score (nSPS) is 36.9. The monoisotopic (exact) mass is 300 g/mol. The summed E-state index contributed by atoms with van der Waals surface area (Å²) in [5.41, 5.74) is 0.276. The molecule has 2 fully saturated rings. The molecule has 3 rings (SSSR count). The SMILES string of the molecule is OC1(c2cc(Br)ccc2Cl)C2CCCCC21. The number of hydrogen-bond acceptors (Lipinski definition) is 1. The van der Waals surface area contributed by atoms with Crippen LogP contribution in [0.25, 0.3) is 0 Å². The molecule has 3 heteroatoms. The van der Waals surface area contributed by atoms with Crippen molar-refractivity contribution in [2.45, 2.75) is 31.3 Å². The third kappa shape index (κ3) is 1.47. The van der Waals surface area contributed by atoms with E-state index in [0.717, 1.165) is 22.9 Å². The molecule has 0 aromatic heterocycles. The van der Waals surface area contributed by atoms with Crippen LogP contribution in [0.1, 0.15) is 31.2 Å². The first-order chi connectivity index (χ1) is 7.64. The van der Waals surface area contributed by atoms with E-state index < -0.39 is 5.60 Å². The minimum atomic E-state index is -0.642. The molecule has 1 aromatic carbocycles. The molecular formula is C13H14BrClO. The molecule has 2 saturated carbocycles. The minimum Gasteiger partial charge on any atom is -0.385 e. The molecule has 1 nitrogen and oxygen atoms in total. The first-order valence-corrected chi connectivity index (χ1v) is 6.99. The van der Waals surface area contributed by atoms with Crippen molar-refractivity contribution < 1.29 is 5.11 Å². The van der Waals surface area contributed by atoms with Crippen LogP contribution in [0.4, 0.5) is 0 Å². The second-order valence-corrected chi connectivity index (χ2v) is 6.27. The lowest BCUT2D eigenvalue weighted by Crippen LogP contribution is -2.11. The van der Waals surface area contributed by atoms with Gasteiger partial charge in [0.1, 0.15) is 0 Å². The Hall–Kier alpha value is -0.0500. The number of fused-ring (bicyclic) bond motifs is 1. The summed E-state index contributed by atoms with van der Waals surface area (Å²) in [4.78, 5) is 0. The van der Waals surface area contributed by atoms with Crippen molar-refractivity contribution in [1.29, 1.82) is 0 Å². The van der Waals surface area contributed by atoms with Gasteiger partial charge in [-0.3, -0.25) is 0 Å². The van der Waals surface area contributed by atoms with Gasteiger partial charge < -0.3 is 5.11 Å². The average molecular weight is 302 g/mol. The predicted molar refractivity (Wildman–Crippen MR) is 68.5 cm³/mol. The van der Waals surface area contributed by atoms with E-state index in [9.17, 15) is 5.11 Å². The number of benzene rings is 1. The van der Waals surface area contributed by atoms with Gasteiger partial charge in [-0.25, -0.2) is 0 Å². The molecule has 0 spiro atoms. The highest BCUT2D eigenvalue weighted by Crippen LogP contribution is 2.65. The first kappa shape index (κ1) is 11.1. The summed E-state index contributed by atoms with van der Waals surface area (Å²) in [5.74, 6) is 0.876. The molecular weight excluding hydrogens is 287 g/mol. The Bertz CT molecular complexity index is 420. The highest BCUT2D eigenvalue weighted by molar-refractivity contribution is 9.10. The predicted octanol–water partition coefficient (Wildman–Crippen LogP) is 4.11. The van der Waals surface area contributed by atoms with Crippen molar-refractivity contribution >= 4 is 27.5 Å². The van der Waals surface area contributed by atoms with Gasteiger partial charge in [0.2, 0.25) is 0 Å². The van der Waals surface area contributed by atoms with Crippen LogP contribution in [0.5, 0.6) is 0 Å². The zero-order valence-corrected chi connectivity index (χ0v) is 11.3. The molecule has 16 heavy (non-hydrogen) atoms.